The van der Waals surface area contributed by atoms with Gasteiger partial charge in [0.2, 0.25) is 0 Å². The highest BCUT2D eigenvalue weighted by molar-refractivity contribution is 7.13. The van der Waals surface area contributed by atoms with E-state index in [0.717, 1.165) is 17.0 Å². The van der Waals surface area contributed by atoms with E-state index >= 15 is 0 Å². The van der Waals surface area contributed by atoms with E-state index in [2.05, 4.69) is 9.97 Å². The van der Waals surface area contributed by atoms with Gasteiger partial charge in [0.05, 0.1) is 10.7 Å². The van der Waals surface area contributed by atoms with E-state index in [4.69, 9.17) is 11.6 Å². The number of pyridine rings is 1. The number of hydrogen-bond donors (Lipinski definition) is 0. The number of rotatable bonds is 2. The zero-order valence-corrected chi connectivity index (χ0v) is 8.55. The average Bonchev–Trinajstić information content (AvgIpc) is 2.67. The molecule has 0 amide bonds. The van der Waals surface area contributed by atoms with Crippen molar-refractivity contribution in [3.63, 3.8) is 0 Å². The van der Waals surface area contributed by atoms with Crippen LogP contribution in [0.5, 0.6) is 0 Å². The Hall–Kier alpha value is -1.26. The van der Waals surface area contributed by atoms with E-state index < -0.39 is 0 Å². The molecule has 0 N–H and O–H groups in total. The molecule has 3 nitrogen and oxygen atoms in total. The second-order valence-electron chi connectivity index (χ2n) is 2.56. The first kappa shape index (κ1) is 9.30. The summed E-state index contributed by atoms with van der Waals surface area (Å²) in [7, 11) is 0. The Morgan fingerprint density at radius 2 is 2.29 bits per heavy atom. The number of nitrogens with zero attached hydrogens (tertiary/aromatic N) is 2. The normalized spacial score (nSPS) is 10.1. The van der Waals surface area contributed by atoms with Gasteiger partial charge in [-0.25, -0.2) is 4.98 Å². The minimum absolute atomic E-state index is 0.432. The third-order valence-electron chi connectivity index (χ3n) is 1.59. The molecule has 0 aliphatic rings. The monoisotopic (exact) mass is 224 g/mol. The highest BCUT2D eigenvalue weighted by Crippen LogP contribution is 2.21. The minimum Gasteiger partial charge on any atom is -0.296 e. The van der Waals surface area contributed by atoms with E-state index in [-0.39, 0.29) is 0 Å². The van der Waals surface area contributed by atoms with Crippen molar-refractivity contribution in [2.24, 2.45) is 0 Å². The molecule has 0 saturated heterocycles. The van der Waals surface area contributed by atoms with Crippen LogP contribution in [0.25, 0.3) is 10.7 Å². The summed E-state index contributed by atoms with van der Waals surface area (Å²) in [5, 5.41) is 3.00. The number of aldehydes is 1. The summed E-state index contributed by atoms with van der Waals surface area (Å²) in [5.41, 5.74) is 1.16. The third kappa shape index (κ3) is 1.81. The maximum Gasteiger partial charge on any atom is 0.169 e. The van der Waals surface area contributed by atoms with E-state index in [1.807, 2.05) is 0 Å². The van der Waals surface area contributed by atoms with Crippen LogP contribution in [0.15, 0.2) is 23.7 Å². The number of halogens is 1. The summed E-state index contributed by atoms with van der Waals surface area (Å²) in [6, 6.07) is 3.52. The van der Waals surface area contributed by atoms with Crippen molar-refractivity contribution >= 4 is 29.2 Å². The number of carbonyl (C=O) groups excluding carboxylic acids is 1. The molecule has 0 bridgehead atoms. The van der Waals surface area contributed by atoms with Crippen LogP contribution < -0.4 is 0 Å². The first-order valence-corrected chi connectivity index (χ1v) is 5.08. The van der Waals surface area contributed by atoms with Gasteiger partial charge in [0.1, 0.15) is 10.7 Å². The molecule has 0 fully saturated rings. The molecule has 0 atom stereocenters. The third-order valence-corrected chi connectivity index (χ3v) is 2.70. The molecule has 0 aromatic carbocycles. The SMILES string of the molecule is O=Cc1csc(-c2ccc(Cl)cn2)n1. The van der Waals surface area contributed by atoms with Crippen molar-refractivity contribution in [3.8, 4) is 10.7 Å². The van der Waals surface area contributed by atoms with Gasteiger partial charge in [-0.1, -0.05) is 11.6 Å². The number of aromatic nitrogens is 2. The van der Waals surface area contributed by atoms with Crippen molar-refractivity contribution in [2.45, 2.75) is 0 Å². The van der Waals surface area contributed by atoms with Gasteiger partial charge in [-0.2, -0.15) is 0 Å². The maximum absolute atomic E-state index is 10.4. The van der Waals surface area contributed by atoms with Crippen molar-refractivity contribution < 1.29 is 4.79 Å². The minimum atomic E-state index is 0.432. The van der Waals surface area contributed by atoms with E-state index in [1.54, 1.807) is 23.7 Å². The lowest BCUT2D eigenvalue weighted by Gasteiger charge is -1.93. The van der Waals surface area contributed by atoms with Gasteiger partial charge < -0.3 is 0 Å². The first-order valence-electron chi connectivity index (χ1n) is 3.82. The summed E-state index contributed by atoms with van der Waals surface area (Å²) < 4.78 is 0. The van der Waals surface area contributed by atoms with Gasteiger partial charge in [0, 0.05) is 11.6 Å². The van der Waals surface area contributed by atoms with Crippen LogP contribution in [-0.2, 0) is 0 Å². The van der Waals surface area contributed by atoms with Crippen LogP contribution in [-0.4, -0.2) is 16.3 Å². The number of hydrogen-bond acceptors (Lipinski definition) is 4. The summed E-state index contributed by atoms with van der Waals surface area (Å²) in [5.74, 6) is 0. The van der Waals surface area contributed by atoms with Crippen LogP contribution >= 0.6 is 22.9 Å². The Morgan fingerprint density at radius 3 is 2.86 bits per heavy atom. The Bertz CT molecular complexity index is 452. The molecule has 5 heteroatoms. The fraction of sp³-hybridized carbons (Fsp3) is 0. The van der Waals surface area contributed by atoms with Crippen molar-refractivity contribution in [1.82, 2.24) is 9.97 Å². The Kier molecular flexibility index (Phi) is 2.56. The zero-order chi connectivity index (χ0) is 9.97. The molecule has 0 spiro atoms. The van der Waals surface area contributed by atoms with Crippen LogP contribution in [0.3, 0.4) is 0 Å². The molecule has 2 heterocycles. The largest absolute Gasteiger partial charge is 0.296 e. The van der Waals surface area contributed by atoms with Gasteiger partial charge in [-0.3, -0.25) is 9.78 Å². The topological polar surface area (TPSA) is 42.9 Å². The van der Waals surface area contributed by atoms with Crippen molar-refractivity contribution in [3.05, 3.63) is 34.4 Å². The van der Waals surface area contributed by atoms with Crippen LogP contribution in [0.2, 0.25) is 5.02 Å². The summed E-state index contributed by atoms with van der Waals surface area (Å²) in [6.07, 6.45) is 2.27. The first-order chi connectivity index (χ1) is 6.79. The quantitative estimate of drug-likeness (QED) is 0.737. The van der Waals surface area contributed by atoms with E-state index in [1.165, 1.54) is 11.3 Å². The molecule has 0 unspecified atom stereocenters. The zero-order valence-electron chi connectivity index (χ0n) is 6.98. The van der Waals surface area contributed by atoms with Gasteiger partial charge in [-0.15, -0.1) is 11.3 Å². The predicted molar refractivity (Wildman–Crippen MR) is 55.7 cm³/mol. The second-order valence-corrected chi connectivity index (χ2v) is 3.85. The molecule has 0 aliphatic carbocycles. The predicted octanol–water partition coefficient (Wildman–Crippen LogP) is 2.67. The van der Waals surface area contributed by atoms with Crippen molar-refractivity contribution in [1.29, 1.82) is 0 Å². The molecular weight excluding hydrogens is 220 g/mol. The lowest BCUT2D eigenvalue weighted by atomic mass is 10.4. The molecule has 14 heavy (non-hydrogen) atoms. The Labute approximate surface area is 89.4 Å². The Balaban J connectivity index is 2.39. The van der Waals surface area contributed by atoms with Gasteiger partial charge in [-0.05, 0) is 12.1 Å². The highest BCUT2D eigenvalue weighted by Gasteiger charge is 2.04. The summed E-state index contributed by atoms with van der Waals surface area (Å²) >= 11 is 7.08. The number of carbonyl (C=O) groups is 1. The van der Waals surface area contributed by atoms with Crippen LogP contribution in [0.1, 0.15) is 10.5 Å². The molecule has 2 aromatic heterocycles. The highest BCUT2D eigenvalue weighted by atomic mass is 35.5. The van der Waals surface area contributed by atoms with Crippen LogP contribution in [0, 0.1) is 0 Å². The summed E-state index contributed by atoms with van der Waals surface area (Å²) in [4.78, 5) is 18.6. The van der Waals surface area contributed by atoms with Gasteiger partial charge in [0.25, 0.3) is 0 Å². The average molecular weight is 225 g/mol. The standard InChI is InChI=1S/C9H5ClN2OS/c10-6-1-2-8(11-3-6)9-12-7(4-13)5-14-9/h1-5H. The van der Waals surface area contributed by atoms with E-state index in [9.17, 15) is 4.79 Å². The molecule has 0 radical (unpaired) electrons. The molecule has 0 saturated carbocycles. The smallest absolute Gasteiger partial charge is 0.169 e. The Morgan fingerprint density at radius 1 is 1.43 bits per heavy atom. The van der Waals surface area contributed by atoms with Crippen LogP contribution in [0.4, 0.5) is 0 Å². The molecule has 2 rings (SSSR count). The number of thiazole rings is 1. The summed E-state index contributed by atoms with van der Waals surface area (Å²) in [6.45, 7) is 0. The molecule has 0 aliphatic heterocycles. The fourth-order valence-electron chi connectivity index (χ4n) is 0.960. The van der Waals surface area contributed by atoms with Gasteiger partial charge in [0.15, 0.2) is 6.29 Å². The van der Waals surface area contributed by atoms with E-state index in [0.29, 0.717) is 10.7 Å². The lowest BCUT2D eigenvalue weighted by molar-refractivity contribution is 0.111. The molecular formula is C9H5ClN2OS. The second kappa shape index (κ2) is 3.86. The maximum atomic E-state index is 10.4. The van der Waals surface area contributed by atoms with Gasteiger partial charge >= 0.3 is 0 Å². The molecule has 2 aromatic rings. The molecule has 70 valence electrons. The van der Waals surface area contributed by atoms with Crippen molar-refractivity contribution in [2.75, 3.05) is 0 Å². The fourth-order valence-corrected chi connectivity index (χ4v) is 1.81. The lowest BCUT2D eigenvalue weighted by Crippen LogP contribution is -1.83.